The summed E-state index contributed by atoms with van der Waals surface area (Å²) < 4.78 is 15.4. The van der Waals surface area contributed by atoms with E-state index in [4.69, 9.17) is 15.2 Å². The normalized spacial score (nSPS) is 49.2. The van der Waals surface area contributed by atoms with Gasteiger partial charge in [0, 0.05) is 60.2 Å². The molecular weight excluding hydrogens is 1090 g/mol. The number of aliphatic hydroxyl groups is 1. The second-order valence-electron chi connectivity index (χ2n) is 36.3. The zero-order valence-corrected chi connectivity index (χ0v) is 54.7. The first kappa shape index (κ1) is 55.8. The van der Waals surface area contributed by atoms with Crippen LogP contribution in [0.2, 0.25) is 0 Å². The van der Waals surface area contributed by atoms with E-state index in [0.29, 0.717) is 118 Å². The average molecular weight is 1200 g/mol. The fourth-order valence-electron chi connectivity index (χ4n) is 31.2. The highest BCUT2D eigenvalue weighted by Gasteiger charge is 2.94. The number of carbonyl (C=O) groups excluding carboxylic acids is 2. The van der Waals surface area contributed by atoms with E-state index in [-0.39, 0.29) is 47.6 Å². The maximum absolute atomic E-state index is 17.4. The highest BCUT2D eigenvalue weighted by atomic mass is 16.6. The first-order chi connectivity index (χ1) is 43.3. The molecule has 11 fully saturated rings. The van der Waals surface area contributed by atoms with E-state index >= 15 is 9.59 Å². The standard InChI is InChI=1S/C81H107N3O5/c1-46(2)36-50-18-21-61-57(50)24-33-75(61)26-9-13-53(41-75)49-16-17-51-39-60-47(3)37-52-19-22-63-54-38-55-45-84(63)70(52)67(60)58-25-34-79-72(88-74(87)80(79,68(51)58)65(40-49)81(79)62-15-8-12-48(14-10-35-82)66(62)73(86)89-81)71(85)59-20-23-64(55)83(44-54)69(59)56-42-77(29-6-7-30-77)78(43-56)32-11-31-76(78)27-4-5-28-76/h8,12,15-18,21,46-47,49-51,53-57,59-61,63-65,67,69,85H,4-7,9-11,13-14,19-20,22-45,82H2,1-3H3. The molecule has 89 heavy (non-hydrogen) atoms. The lowest BCUT2D eigenvalue weighted by atomic mass is 9.27. The predicted octanol–water partition coefficient (Wildman–Crippen LogP) is 16.8. The van der Waals surface area contributed by atoms with E-state index < -0.39 is 16.4 Å². The van der Waals surface area contributed by atoms with Gasteiger partial charge in [-0.05, 0) is 277 Å². The van der Waals surface area contributed by atoms with Crippen LogP contribution in [0.15, 0.2) is 76.4 Å². The Morgan fingerprint density at radius 3 is 2.43 bits per heavy atom. The minimum atomic E-state index is -1.17. The van der Waals surface area contributed by atoms with Crippen molar-refractivity contribution in [3.05, 3.63) is 93.1 Å². The van der Waals surface area contributed by atoms with E-state index in [0.717, 1.165) is 67.7 Å². The summed E-state index contributed by atoms with van der Waals surface area (Å²) in [7, 11) is 0. The lowest BCUT2D eigenvalue weighted by molar-refractivity contribution is -0.283. The van der Waals surface area contributed by atoms with E-state index in [1.54, 1.807) is 16.8 Å². The van der Waals surface area contributed by atoms with Crippen LogP contribution in [0.1, 0.15) is 241 Å². The van der Waals surface area contributed by atoms with Gasteiger partial charge < -0.3 is 25.2 Å². The van der Waals surface area contributed by atoms with Gasteiger partial charge in [0.15, 0.2) is 11.4 Å². The van der Waals surface area contributed by atoms with Crippen molar-refractivity contribution in [1.82, 2.24) is 9.80 Å². The van der Waals surface area contributed by atoms with E-state index in [1.807, 2.05) is 0 Å². The Kier molecular flexibility index (Phi) is 12.0. The second-order valence-corrected chi connectivity index (χ2v) is 36.3. The first-order valence-corrected chi connectivity index (χ1v) is 38.4. The number of nitrogens with two attached hydrogens (primary N) is 1. The van der Waals surface area contributed by atoms with Gasteiger partial charge in [0.1, 0.15) is 11.2 Å². The minimum Gasteiger partial charge on any atom is -0.508 e. The van der Waals surface area contributed by atoms with Crippen LogP contribution in [-0.4, -0.2) is 64.6 Å². The van der Waals surface area contributed by atoms with E-state index in [2.05, 4.69) is 73.1 Å². The SMILES string of the molecule is CC(C)CC1C=CC2C1CCC21CCCC(C2C=CC3CC4C(C)CC5=C6C4C4=C3C37C(=O)OC(=C(O)C8CCC9C%10CC(CN9C8C8CC9(CCCC9)C9(CCCC9%11CCCC%11)C8)C(CC5)N6C%10)C3(CC4)C3(OC(=O)c4c(CCCN)cccc43)C7C2)C1. The number of fused-ring (bicyclic) bond motifs is 12. The predicted molar refractivity (Wildman–Crippen MR) is 346 cm³/mol. The third kappa shape index (κ3) is 6.65. The molecule has 1 aromatic carbocycles. The highest BCUT2D eigenvalue weighted by molar-refractivity contribution is 6.00. The van der Waals surface area contributed by atoms with Gasteiger partial charge in [-0.2, -0.15) is 0 Å². The smallest absolute Gasteiger partial charge is 0.339 e. The van der Waals surface area contributed by atoms with Gasteiger partial charge in [-0.15, -0.1) is 0 Å². The fraction of sp³-hybridized carbons (Fsp3) is 0.778. The maximum Gasteiger partial charge on any atom is 0.339 e. The Morgan fingerprint density at radius 2 is 1.58 bits per heavy atom. The van der Waals surface area contributed by atoms with Gasteiger partial charge in [-0.3, -0.25) is 9.69 Å². The van der Waals surface area contributed by atoms with Crippen LogP contribution < -0.4 is 5.73 Å². The number of hydrogen-bond donors (Lipinski definition) is 2. The van der Waals surface area contributed by atoms with Crippen LogP contribution in [0.25, 0.3) is 0 Å². The lowest BCUT2D eigenvalue weighted by Crippen LogP contribution is -2.78. The molecule has 22 unspecified atom stereocenters. The number of nitrogens with zero attached hydrogens (tertiary/aromatic N) is 2. The Morgan fingerprint density at radius 1 is 0.753 bits per heavy atom. The molecule has 8 nitrogen and oxygen atoms in total. The van der Waals surface area contributed by atoms with Crippen molar-refractivity contribution < 1.29 is 24.2 Å². The van der Waals surface area contributed by atoms with Gasteiger partial charge >= 0.3 is 11.9 Å². The van der Waals surface area contributed by atoms with Crippen molar-refractivity contribution in [2.24, 2.45) is 127 Å². The molecule has 7 bridgehead atoms. The Bertz CT molecular complexity index is 3370. The topological polar surface area (TPSA) is 105 Å². The molecule has 7 heterocycles. The molecule has 7 spiro atoms. The fourth-order valence-corrected chi connectivity index (χ4v) is 31.2. The van der Waals surface area contributed by atoms with Crippen LogP contribution in [-0.2, 0) is 26.3 Å². The number of aryl methyl sites for hydroxylation is 1. The Hall–Kier alpha value is -3.62. The van der Waals surface area contributed by atoms with Crippen molar-refractivity contribution in [3.63, 3.8) is 0 Å². The molecule has 0 amide bonds. The quantitative estimate of drug-likeness (QED) is 0.205. The molecule has 19 aliphatic rings. The Labute approximate surface area is 532 Å². The first-order valence-electron chi connectivity index (χ1n) is 38.4. The number of allylic oxidation sites excluding steroid dienone is 6. The summed E-state index contributed by atoms with van der Waals surface area (Å²) >= 11 is 0. The summed E-state index contributed by atoms with van der Waals surface area (Å²) in [5, 5.41) is 14.8. The van der Waals surface area contributed by atoms with Crippen molar-refractivity contribution in [2.75, 3.05) is 19.6 Å². The van der Waals surface area contributed by atoms with E-state index in [1.165, 1.54) is 166 Å². The summed E-state index contributed by atoms with van der Waals surface area (Å²) in [6, 6.07) is 7.88. The summed E-state index contributed by atoms with van der Waals surface area (Å²) in [5.74, 6) is 6.86. The van der Waals surface area contributed by atoms with Gasteiger partial charge in [0.05, 0.1) is 11.0 Å². The van der Waals surface area contributed by atoms with Crippen molar-refractivity contribution in [2.45, 2.75) is 250 Å². The molecule has 7 saturated carbocycles. The zero-order chi connectivity index (χ0) is 59.5. The highest BCUT2D eigenvalue weighted by Crippen LogP contribution is 2.89. The third-order valence-corrected chi connectivity index (χ3v) is 33.5. The molecule has 12 aliphatic carbocycles. The molecule has 1 aromatic rings. The monoisotopic (exact) mass is 1200 g/mol. The maximum atomic E-state index is 17.4. The molecule has 7 aliphatic heterocycles. The molecule has 0 aromatic heterocycles. The van der Waals surface area contributed by atoms with Crippen LogP contribution in [0.3, 0.4) is 0 Å². The second kappa shape index (κ2) is 19.1. The molecule has 4 saturated heterocycles. The van der Waals surface area contributed by atoms with Crippen LogP contribution in [0.5, 0.6) is 0 Å². The number of ether oxygens (including phenoxy) is 2. The number of benzene rings is 1. The molecule has 20 rings (SSSR count). The number of hydrogen-bond acceptors (Lipinski definition) is 8. The third-order valence-electron chi connectivity index (χ3n) is 33.5. The minimum absolute atomic E-state index is 0.0842. The number of rotatable bonds is 7. The van der Waals surface area contributed by atoms with Gasteiger partial charge in [-0.1, -0.05) is 113 Å². The summed E-state index contributed by atoms with van der Waals surface area (Å²) in [6.45, 7) is 10.3. The lowest BCUT2D eigenvalue weighted by Gasteiger charge is -2.73. The largest absolute Gasteiger partial charge is 0.508 e. The van der Waals surface area contributed by atoms with Crippen molar-refractivity contribution >= 4 is 11.9 Å². The summed E-state index contributed by atoms with van der Waals surface area (Å²) in [5.41, 5.74) is 13.8. The van der Waals surface area contributed by atoms with E-state index in [9.17, 15) is 5.11 Å². The Balaban J connectivity index is 0.814. The molecular formula is C81H107N3O5. The van der Waals surface area contributed by atoms with Gasteiger partial charge in [-0.25, -0.2) is 4.79 Å². The van der Waals surface area contributed by atoms with Gasteiger partial charge in [0.2, 0.25) is 0 Å². The molecule has 476 valence electrons. The molecule has 22 atom stereocenters. The average Bonchev–Trinajstić information content (AvgIpc) is 1.53. The summed E-state index contributed by atoms with van der Waals surface area (Å²) in [4.78, 5) is 39.6. The van der Waals surface area contributed by atoms with Crippen LogP contribution >= 0.6 is 0 Å². The molecule has 8 heteroatoms. The van der Waals surface area contributed by atoms with Gasteiger partial charge in [0.25, 0.3) is 0 Å². The number of esters is 2. The van der Waals surface area contributed by atoms with Crippen molar-refractivity contribution in [1.29, 1.82) is 0 Å². The summed E-state index contributed by atoms with van der Waals surface area (Å²) in [6.07, 6.45) is 49.9. The molecule has 0 radical (unpaired) electrons. The number of piperidine rings is 3. The number of carbonyl (C=O) groups is 2. The van der Waals surface area contributed by atoms with Crippen LogP contribution in [0.4, 0.5) is 0 Å². The zero-order valence-electron chi connectivity index (χ0n) is 54.7. The number of aliphatic hydroxyl groups excluding tert-OH is 1. The van der Waals surface area contributed by atoms with Crippen LogP contribution in [0, 0.1) is 121 Å². The molecule has 3 N–H and O–H groups in total. The van der Waals surface area contributed by atoms with Crippen molar-refractivity contribution in [3.8, 4) is 0 Å².